The third kappa shape index (κ3) is 2.86. The average Bonchev–Trinajstić information content (AvgIpc) is 2.53. The van der Waals surface area contributed by atoms with Crippen LogP contribution in [0.5, 0.6) is 11.5 Å². The van der Waals surface area contributed by atoms with E-state index in [9.17, 15) is 14.7 Å². The number of cyclic esters (lactones) is 1. The lowest BCUT2D eigenvalue weighted by Crippen LogP contribution is -2.40. The summed E-state index contributed by atoms with van der Waals surface area (Å²) in [6.07, 6.45) is 6.71. The predicted molar refractivity (Wildman–Crippen MR) is 90.0 cm³/mol. The second-order valence-electron chi connectivity index (χ2n) is 6.81. The molecule has 1 N–H and O–H groups in total. The maximum atomic E-state index is 12.6. The van der Waals surface area contributed by atoms with Crippen molar-refractivity contribution in [2.24, 2.45) is 0 Å². The number of carbonyl (C=O) groups excluding carboxylic acids is 2. The molecule has 0 saturated heterocycles. The molecule has 0 saturated carbocycles. The molecule has 3 rings (SSSR count). The van der Waals surface area contributed by atoms with Crippen molar-refractivity contribution >= 4 is 11.9 Å². The molecule has 25 heavy (non-hydrogen) atoms. The lowest BCUT2D eigenvalue weighted by molar-refractivity contribution is -0.128. The monoisotopic (exact) mass is 346 g/mol. The Kier molecular flexibility index (Phi) is 4.22. The van der Waals surface area contributed by atoms with Gasteiger partial charge in [-0.1, -0.05) is 12.2 Å². The van der Waals surface area contributed by atoms with Crippen molar-refractivity contribution in [2.45, 2.75) is 51.7 Å². The van der Waals surface area contributed by atoms with Gasteiger partial charge in [-0.3, -0.25) is 0 Å². The van der Waals surface area contributed by atoms with Crippen molar-refractivity contribution in [2.75, 3.05) is 7.11 Å². The molecule has 134 valence electrons. The number of rotatable bonds is 2. The first-order valence-corrected chi connectivity index (χ1v) is 8.33. The van der Waals surface area contributed by atoms with Gasteiger partial charge in [0.1, 0.15) is 22.6 Å². The predicted octanol–water partition coefficient (Wildman–Crippen LogP) is 3.60. The van der Waals surface area contributed by atoms with Gasteiger partial charge in [0.2, 0.25) is 5.79 Å². The van der Waals surface area contributed by atoms with Crippen LogP contribution in [0.15, 0.2) is 12.2 Å². The summed E-state index contributed by atoms with van der Waals surface area (Å²) in [5, 5.41) is 10.9. The topological polar surface area (TPSA) is 82.1 Å². The summed E-state index contributed by atoms with van der Waals surface area (Å²) in [5.41, 5.74) is 0.895. The largest absolute Gasteiger partial charge is 0.507 e. The summed E-state index contributed by atoms with van der Waals surface area (Å²) < 4.78 is 16.0. The fraction of sp³-hybridized carbons (Fsp3) is 0.474. The minimum absolute atomic E-state index is 0.0181. The van der Waals surface area contributed by atoms with Crippen LogP contribution in [0.4, 0.5) is 0 Å². The number of aromatic hydroxyl groups is 1. The standard InChI is InChI=1S/C19H22O6/c1-10-12(17(21)23-4)15(20)14(11-8-6-5-7-9-11)16-13(10)18(22)25-19(2,3)24-16/h6,8,11,20H,5,7,9H2,1-4H3. The summed E-state index contributed by atoms with van der Waals surface area (Å²) in [6, 6.07) is 0. The van der Waals surface area contributed by atoms with Crippen LogP contribution in [-0.4, -0.2) is 29.9 Å². The second kappa shape index (κ2) is 6.10. The van der Waals surface area contributed by atoms with Gasteiger partial charge < -0.3 is 19.3 Å². The van der Waals surface area contributed by atoms with Crippen molar-refractivity contribution in [3.8, 4) is 11.5 Å². The molecule has 0 amide bonds. The quantitative estimate of drug-likeness (QED) is 0.651. The Hall–Kier alpha value is -2.50. The Morgan fingerprint density at radius 1 is 1.36 bits per heavy atom. The molecule has 2 aliphatic rings. The maximum Gasteiger partial charge on any atom is 0.345 e. The molecule has 0 fully saturated rings. The highest BCUT2D eigenvalue weighted by Gasteiger charge is 2.41. The minimum Gasteiger partial charge on any atom is -0.507 e. The zero-order valence-corrected chi connectivity index (χ0v) is 14.8. The number of phenols is 1. The van der Waals surface area contributed by atoms with Crippen molar-refractivity contribution in [1.82, 2.24) is 0 Å². The fourth-order valence-electron chi connectivity index (χ4n) is 3.49. The number of esters is 2. The Labute approximate surface area is 146 Å². The van der Waals surface area contributed by atoms with Gasteiger partial charge in [-0.25, -0.2) is 9.59 Å². The summed E-state index contributed by atoms with van der Waals surface area (Å²) >= 11 is 0. The summed E-state index contributed by atoms with van der Waals surface area (Å²) in [6.45, 7) is 4.85. The number of allylic oxidation sites excluding steroid dienone is 2. The molecule has 1 aliphatic heterocycles. The Morgan fingerprint density at radius 3 is 2.68 bits per heavy atom. The van der Waals surface area contributed by atoms with Crippen LogP contribution in [0.25, 0.3) is 0 Å². The number of phenolic OH excluding ortho intramolecular Hbond substituents is 1. The zero-order chi connectivity index (χ0) is 18.4. The molecule has 1 aromatic carbocycles. The van der Waals surface area contributed by atoms with Crippen molar-refractivity contribution in [3.05, 3.63) is 34.4 Å². The van der Waals surface area contributed by atoms with Gasteiger partial charge in [-0.05, 0) is 31.7 Å². The number of fused-ring (bicyclic) bond motifs is 1. The van der Waals surface area contributed by atoms with Gasteiger partial charge in [0.05, 0.1) is 7.11 Å². The maximum absolute atomic E-state index is 12.6. The molecular weight excluding hydrogens is 324 g/mol. The average molecular weight is 346 g/mol. The van der Waals surface area contributed by atoms with E-state index < -0.39 is 17.7 Å². The van der Waals surface area contributed by atoms with E-state index in [4.69, 9.17) is 14.2 Å². The van der Waals surface area contributed by atoms with Crippen molar-refractivity contribution < 1.29 is 28.9 Å². The first kappa shape index (κ1) is 17.3. The lowest BCUT2D eigenvalue weighted by Gasteiger charge is -2.35. The second-order valence-corrected chi connectivity index (χ2v) is 6.81. The number of carbonyl (C=O) groups is 2. The highest BCUT2D eigenvalue weighted by molar-refractivity contribution is 6.03. The van der Waals surface area contributed by atoms with E-state index in [1.807, 2.05) is 12.2 Å². The molecule has 1 atom stereocenters. The molecule has 6 nitrogen and oxygen atoms in total. The van der Waals surface area contributed by atoms with Gasteiger partial charge in [0.25, 0.3) is 0 Å². The number of methoxy groups -OCH3 is 1. The third-order valence-corrected chi connectivity index (χ3v) is 4.62. The van der Waals surface area contributed by atoms with Crippen LogP contribution in [0.3, 0.4) is 0 Å². The number of ether oxygens (including phenoxy) is 3. The highest BCUT2D eigenvalue weighted by Crippen LogP contribution is 2.48. The summed E-state index contributed by atoms with van der Waals surface area (Å²) in [7, 11) is 1.23. The van der Waals surface area contributed by atoms with E-state index in [-0.39, 0.29) is 22.8 Å². The number of benzene rings is 1. The first-order valence-electron chi connectivity index (χ1n) is 8.33. The molecule has 1 aliphatic carbocycles. The summed E-state index contributed by atoms with van der Waals surface area (Å²) in [5.74, 6) is -2.46. The third-order valence-electron chi connectivity index (χ3n) is 4.62. The molecule has 1 heterocycles. The van der Waals surface area contributed by atoms with E-state index in [0.717, 1.165) is 19.3 Å². The normalized spacial score (nSPS) is 21.1. The van der Waals surface area contributed by atoms with E-state index in [1.165, 1.54) is 7.11 Å². The lowest BCUT2D eigenvalue weighted by atomic mass is 9.83. The minimum atomic E-state index is -1.15. The van der Waals surface area contributed by atoms with E-state index in [0.29, 0.717) is 16.9 Å². The van der Waals surface area contributed by atoms with Gasteiger partial charge in [-0.15, -0.1) is 0 Å². The van der Waals surface area contributed by atoms with Crippen LogP contribution in [0, 0.1) is 6.92 Å². The molecular formula is C19H22O6. The Balaban J connectivity index is 2.33. The molecule has 1 unspecified atom stereocenters. The molecule has 0 bridgehead atoms. The van der Waals surface area contributed by atoms with Gasteiger partial charge in [0.15, 0.2) is 0 Å². The van der Waals surface area contributed by atoms with E-state index in [1.54, 1.807) is 20.8 Å². The zero-order valence-electron chi connectivity index (χ0n) is 14.8. The van der Waals surface area contributed by atoms with Gasteiger partial charge in [0, 0.05) is 25.3 Å². The van der Waals surface area contributed by atoms with Gasteiger partial charge >= 0.3 is 11.9 Å². The van der Waals surface area contributed by atoms with Crippen LogP contribution >= 0.6 is 0 Å². The Bertz CT molecular complexity index is 775. The molecule has 0 aromatic heterocycles. The first-order chi connectivity index (χ1) is 11.8. The van der Waals surface area contributed by atoms with Crippen molar-refractivity contribution in [1.29, 1.82) is 0 Å². The molecule has 6 heteroatoms. The summed E-state index contributed by atoms with van der Waals surface area (Å²) in [4.78, 5) is 24.8. The smallest absolute Gasteiger partial charge is 0.345 e. The SMILES string of the molecule is COC(=O)c1c(C)c2c(c(C3C=CCCC3)c1O)OC(C)(C)OC2=O. The van der Waals surface area contributed by atoms with Crippen LogP contribution < -0.4 is 4.74 Å². The highest BCUT2D eigenvalue weighted by atomic mass is 16.7. The van der Waals surface area contributed by atoms with E-state index in [2.05, 4.69) is 0 Å². The van der Waals surface area contributed by atoms with Crippen molar-refractivity contribution in [3.63, 3.8) is 0 Å². The van der Waals surface area contributed by atoms with Crippen LogP contribution in [-0.2, 0) is 9.47 Å². The Morgan fingerprint density at radius 2 is 2.08 bits per heavy atom. The molecule has 0 radical (unpaired) electrons. The fourth-order valence-corrected chi connectivity index (χ4v) is 3.49. The van der Waals surface area contributed by atoms with Crippen LogP contribution in [0.1, 0.15) is 70.9 Å². The number of hydrogen-bond donors (Lipinski definition) is 1. The molecule has 1 aromatic rings. The molecule has 0 spiro atoms. The van der Waals surface area contributed by atoms with E-state index >= 15 is 0 Å². The number of hydrogen-bond acceptors (Lipinski definition) is 6. The van der Waals surface area contributed by atoms with Gasteiger partial charge in [-0.2, -0.15) is 0 Å². The van der Waals surface area contributed by atoms with Crippen LogP contribution in [0.2, 0.25) is 0 Å².